The molecule has 0 aliphatic carbocycles. The fraction of sp³-hybridized carbons (Fsp3) is 0.500. The number of aliphatic hydroxyl groups excluding tert-OH is 1. The van der Waals surface area contributed by atoms with E-state index in [0.717, 1.165) is 0 Å². The average Bonchev–Trinajstić information content (AvgIpc) is 2.62. The predicted molar refractivity (Wildman–Crippen MR) is 48.7 cm³/mol. The molecule has 6 heteroatoms. The Hall–Kier alpha value is -1.40. The molecule has 1 unspecified atom stereocenters. The second kappa shape index (κ2) is 4.73. The first-order valence-electron chi connectivity index (χ1n) is 4.21. The van der Waals surface area contributed by atoms with Crippen LogP contribution in [0, 0.1) is 10.1 Å². The highest BCUT2D eigenvalue weighted by Crippen LogP contribution is 2.15. The second-order valence-electron chi connectivity index (χ2n) is 2.96. The highest BCUT2D eigenvalue weighted by atomic mass is 16.6. The van der Waals surface area contributed by atoms with Gasteiger partial charge >= 0.3 is 5.88 Å². The van der Waals surface area contributed by atoms with Crippen LogP contribution in [0.2, 0.25) is 0 Å². The summed E-state index contributed by atoms with van der Waals surface area (Å²) >= 11 is 0. The van der Waals surface area contributed by atoms with Crippen LogP contribution in [-0.4, -0.2) is 22.7 Å². The quantitative estimate of drug-likeness (QED) is 0.538. The van der Waals surface area contributed by atoms with E-state index in [0.29, 0.717) is 12.3 Å². The van der Waals surface area contributed by atoms with Gasteiger partial charge in [0.15, 0.2) is 0 Å². The van der Waals surface area contributed by atoms with E-state index in [4.69, 9.17) is 9.52 Å². The number of aliphatic hydroxyl groups is 1. The number of rotatable bonds is 5. The number of nitro groups is 1. The van der Waals surface area contributed by atoms with Gasteiger partial charge in [-0.3, -0.25) is 10.1 Å². The first-order chi connectivity index (χ1) is 6.63. The van der Waals surface area contributed by atoms with Crippen molar-refractivity contribution in [2.45, 2.75) is 19.5 Å². The maximum Gasteiger partial charge on any atom is 0.433 e. The molecular weight excluding hydrogens is 188 g/mol. The van der Waals surface area contributed by atoms with Crippen molar-refractivity contribution in [3.05, 3.63) is 28.0 Å². The van der Waals surface area contributed by atoms with Gasteiger partial charge in [-0.25, -0.2) is 0 Å². The fourth-order valence-corrected chi connectivity index (χ4v) is 0.899. The normalized spacial score (nSPS) is 12.7. The van der Waals surface area contributed by atoms with Gasteiger partial charge in [0.1, 0.15) is 10.7 Å². The Morgan fingerprint density at radius 3 is 2.93 bits per heavy atom. The molecule has 1 aromatic heterocycles. The Bertz CT molecular complexity index is 310. The van der Waals surface area contributed by atoms with Crippen molar-refractivity contribution in [1.82, 2.24) is 5.32 Å². The molecule has 1 aromatic rings. The number of hydrogen-bond donors (Lipinski definition) is 2. The van der Waals surface area contributed by atoms with Gasteiger partial charge in [0.25, 0.3) is 0 Å². The Labute approximate surface area is 80.7 Å². The Morgan fingerprint density at radius 2 is 2.43 bits per heavy atom. The summed E-state index contributed by atoms with van der Waals surface area (Å²) in [6.45, 7) is 2.19. The summed E-state index contributed by atoms with van der Waals surface area (Å²) in [5, 5.41) is 21.9. The lowest BCUT2D eigenvalue weighted by molar-refractivity contribution is -0.402. The molecule has 0 spiro atoms. The molecule has 0 radical (unpaired) electrons. The monoisotopic (exact) mass is 200 g/mol. The highest BCUT2D eigenvalue weighted by Gasteiger charge is 2.11. The van der Waals surface area contributed by atoms with Crippen molar-refractivity contribution in [2.75, 3.05) is 6.61 Å². The lowest BCUT2D eigenvalue weighted by atomic mass is 10.3. The predicted octanol–water partition coefficient (Wildman–Crippen LogP) is 0.658. The van der Waals surface area contributed by atoms with Crippen molar-refractivity contribution in [3.63, 3.8) is 0 Å². The van der Waals surface area contributed by atoms with Gasteiger partial charge in [-0.15, -0.1) is 0 Å². The molecule has 1 heterocycles. The third kappa shape index (κ3) is 2.82. The molecule has 0 aromatic carbocycles. The first-order valence-corrected chi connectivity index (χ1v) is 4.21. The molecule has 1 rings (SSSR count). The van der Waals surface area contributed by atoms with E-state index in [1.165, 1.54) is 12.1 Å². The molecule has 0 amide bonds. The van der Waals surface area contributed by atoms with E-state index in [9.17, 15) is 10.1 Å². The van der Waals surface area contributed by atoms with Crippen molar-refractivity contribution in [1.29, 1.82) is 0 Å². The van der Waals surface area contributed by atoms with E-state index in [-0.39, 0.29) is 18.5 Å². The summed E-state index contributed by atoms with van der Waals surface area (Å²) in [5.74, 6) is 0.218. The van der Waals surface area contributed by atoms with Gasteiger partial charge in [-0.1, -0.05) is 0 Å². The molecule has 78 valence electrons. The van der Waals surface area contributed by atoms with E-state index in [1.54, 1.807) is 6.92 Å². The van der Waals surface area contributed by atoms with Crippen molar-refractivity contribution in [2.24, 2.45) is 0 Å². The highest BCUT2D eigenvalue weighted by molar-refractivity contribution is 5.17. The maximum atomic E-state index is 10.3. The summed E-state index contributed by atoms with van der Waals surface area (Å²) in [4.78, 5) is 9.68. The standard InChI is InChI=1S/C8H12N2O4/c1-6(5-11)9-4-7-2-3-8(14-7)10(12)13/h2-3,6,9,11H,4-5H2,1H3. The second-order valence-corrected chi connectivity index (χ2v) is 2.96. The lowest BCUT2D eigenvalue weighted by Crippen LogP contribution is -2.28. The SMILES string of the molecule is CC(CO)NCc1ccc([N+](=O)[O-])o1. The van der Waals surface area contributed by atoms with Crippen LogP contribution in [0.1, 0.15) is 12.7 Å². The van der Waals surface area contributed by atoms with Crippen molar-refractivity contribution >= 4 is 5.88 Å². The molecule has 1 atom stereocenters. The molecule has 6 nitrogen and oxygen atoms in total. The van der Waals surface area contributed by atoms with Gasteiger partial charge in [0, 0.05) is 6.04 Å². The summed E-state index contributed by atoms with van der Waals surface area (Å²) in [7, 11) is 0. The molecule has 2 N–H and O–H groups in total. The summed E-state index contributed by atoms with van der Waals surface area (Å²) in [5.41, 5.74) is 0. The van der Waals surface area contributed by atoms with Crippen LogP contribution in [0.5, 0.6) is 0 Å². The summed E-state index contributed by atoms with van der Waals surface area (Å²) in [6.07, 6.45) is 0. The van der Waals surface area contributed by atoms with Gasteiger partial charge < -0.3 is 14.8 Å². The summed E-state index contributed by atoms with van der Waals surface area (Å²) < 4.78 is 4.90. The Morgan fingerprint density at radius 1 is 1.71 bits per heavy atom. The van der Waals surface area contributed by atoms with E-state index in [1.807, 2.05) is 0 Å². The molecule has 0 fully saturated rings. The van der Waals surface area contributed by atoms with Crippen LogP contribution in [0.4, 0.5) is 5.88 Å². The maximum absolute atomic E-state index is 10.3. The van der Waals surface area contributed by atoms with E-state index < -0.39 is 4.92 Å². The number of hydrogen-bond acceptors (Lipinski definition) is 5. The van der Waals surface area contributed by atoms with E-state index in [2.05, 4.69) is 5.32 Å². The van der Waals surface area contributed by atoms with Crippen LogP contribution in [-0.2, 0) is 6.54 Å². The number of nitrogens with one attached hydrogen (secondary N) is 1. The topological polar surface area (TPSA) is 88.5 Å². The minimum atomic E-state index is -0.584. The van der Waals surface area contributed by atoms with Crippen LogP contribution >= 0.6 is 0 Å². The Balaban J connectivity index is 2.48. The first kappa shape index (κ1) is 10.7. The zero-order chi connectivity index (χ0) is 10.6. The van der Waals surface area contributed by atoms with Gasteiger partial charge in [0.2, 0.25) is 0 Å². The largest absolute Gasteiger partial charge is 0.433 e. The molecule has 0 aliphatic heterocycles. The van der Waals surface area contributed by atoms with Crippen LogP contribution in [0.3, 0.4) is 0 Å². The fourth-order valence-electron chi connectivity index (χ4n) is 0.899. The van der Waals surface area contributed by atoms with Crippen LogP contribution in [0.15, 0.2) is 16.5 Å². The lowest BCUT2D eigenvalue weighted by Gasteiger charge is -2.07. The molecular formula is C8H12N2O4. The van der Waals surface area contributed by atoms with Crippen molar-refractivity contribution < 1.29 is 14.4 Å². The number of furan rings is 1. The Kier molecular flexibility index (Phi) is 3.61. The average molecular weight is 200 g/mol. The zero-order valence-electron chi connectivity index (χ0n) is 7.77. The zero-order valence-corrected chi connectivity index (χ0v) is 7.77. The van der Waals surface area contributed by atoms with Gasteiger partial charge in [-0.05, 0) is 13.0 Å². The van der Waals surface area contributed by atoms with E-state index >= 15 is 0 Å². The van der Waals surface area contributed by atoms with Crippen LogP contribution in [0.25, 0.3) is 0 Å². The molecule has 0 aliphatic rings. The van der Waals surface area contributed by atoms with Crippen LogP contribution < -0.4 is 5.32 Å². The van der Waals surface area contributed by atoms with Crippen molar-refractivity contribution in [3.8, 4) is 0 Å². The minimum Gasteiger partial charge on any atom is -0.404 e. The summed E-state index contributed by atoms with van der Waals surface area (Å²) in [6, 6.07) is 2.79. The number of nitrogens with zero attached hydrogens (tertiary/aromatic N) is 1. The molecule has 0 bridgehead atoms. The molecule has 0 saturated carbocycles. The molecule has 0 saturated heterocycles. The third-order valence-electron chi connectivity index (χ3n) is 1.73. The van der Waals surface area contributed by atoms with Gasteiger partial charge in [-0.2, -0.15) is 0 Å². The van der Waals surface area contributed by atoms with Gasteiger partial charge in [0.05, 0.1) is 19.2 Å². The minimum absolute atomic E-state index is 0.0167. The smallest absolute Gasteiger partial charge is 0.404 e. The molecule has 14 heavy (non-hydrogen) atoms. The third-order valence-corrected chi connectivity index (χ3v) is 1.73.